The van der Waals surface area contributed by atoms with Crippen molar-refractivity contribution in [1.82, 2.24) is 0 Å². The van der Waals surface area contributed by atoms with Crippen molar-refractivity contribution < 1.29 is 13.2 Å². The Kier molecular flexibility index (Phi) is 2.26. The average Bonchev–Trinajstić information content (AvgIpc) is 1.82. The number of nitrogens with zero attached hydrogens (tertiary/aromatic N) is 1. The molecule has 1 aliphatic heterocycles. The van der Waals surface area contributed by atoms with Crippen molar-refractivity contribution in [1.29, 1.82) is 0 Å². The van der Waals surface area contributed by atoms with Crippen molar-refractivity contribution in [2.75, 3.05) is 0 Å². The number of rotatable bonds is 0. The van der Waals surface area contributed by atoms with Crippen LogP contribution >= 0.6 is 0 Å². The molecule has 0 bridgehead atoms. The van der Waals surface area contributed by atoms with Crippen molar-refractivity contribution in [3.63, 3.8) is 0 Å². The first-order valence-corrected chi connectivity index (χ1v) is 3.73. The molecule has 0 unspecified atom stereocenters. The number of hydrogen-bond acceptors (Lipinski definition) is 1. The smallest absolute Gasteiger partial charge is 0.253 e. The predicted molar refractivity (Wildman–Crippen MR) is 41.0 cm³/mol. The van der Waals surface area contributed by atoms with Crippen LogP contribution in [0.2, 0.25) is 0 Å². The molecule has 0 spiro atoms. The number of hydrogen-bond donors (Lipinski definition) is 0. The molecule has 0 fully saturated rings. The highest BCUT2D eigenvalue weighted by Gasteiger charge is 2.37. The zero-order valence-corrected chi connectivity index (χ0v) is 6.94. The van der Waals surface area contributed by atoms with E-state index >= 15 is 0 Å². The van der Waals surface area contributed by atoms with Crippen LogP contribution in [-0.2, 0) is 0 Å². The van der Waals surface area contributed by atoms with Crippen LogP contribution in [0.3, 0.4) is 0 Å². The summed E-state index contributed by atoms with van der Waals surface area (Å²) in [4.78, 5) is 3.46. The molecule has 1 aliphatic rings. The SMILES string of the molecule is CC1=C[C@@H](C)CC(C(F)(F)F)=N1. The largest absolute Gasteiger partial charge is 0.429 e. The van der Waals surface area contributed by atoms with Crippen LogP contribution in [0.25, 0.3) is 0 Å². The van der Waals surface area contributed by atoms with Gasteiger partial charge in [0, 0.05) is 12.1 Å². The van der Waals surface area contributed by atoms with Gasteiger partial charge in [0.1, 0.15) is 5.71 Å². The Balaban J connectivity index is 2.87. The molecule has 1 heterocycles. The summed E-state index contributed by atoms with van der Waals surface area (Å²) >= 11 is 0. The zero-order valence-electron chi connectivity index (χ0n) is 6.94. The second kappa shape index (κ2) is 2.92. The van der Waals surface area contributed by atoms with Crippen LogP contribution in [0.4, 0.5) is 13.2 Å². The molecule has 68 valence electrons. The fourth-order valence-corrected chi connectivity index (χ4v) is 1.25. The molecule has 0 saturated heterocycles. The van der Waals surface area contributed by atoms with Gasteiger partial charge in [-0.3, -0.25) is 4.99 Å². The van der Waals surface area contributed by atoms with Crippen LogP contribution in [0, 0.1) is 5.92 Å². The number of halogens is 3. The Morgan fingerprint density at radius 2 is 2.08 bits per heavy atom. The maximum Gasteiger partial charge on any atom is 0.429 e. The fraction of sp³-hybridized carbons (Fsp3) is 0.625. The van der Waals surface area contributed by atoms with Crippen LogP contribution in [0.5, 0.6) is 0 Å². The first-order chi connectivity index (χ1) is 5.39. The molecule has 0 N–H and O–H groups in total. The molecule has 1 atom stereocenters. The van der Waals surface area contributed by atoms with Crippen LogP contribution in [-0.4, -0.2) is 11.9 Å². The molecule has 1 rings (SSSR count). The normalized spacial score (nSPS) is 24.9. The van der Waals surface area contributed by atoms with Crippen LogP contribution < -0.4 is 0 Å². The predicted octanol–water partition coefficient (Wildman–Crippen LogP) is 2.93. The third-order valence-corrected chi connectivity index (χ3v) is 1.68. The monoisotopic (exact) mass is 177 g/mol. The molecular formula is C8H10F3N. The van der Waals surface area contributed by atoms with E-state index in [2.05, 4.69) is 4.99 Å². The van der Waals surface area contributed by atoms with Crippen molar-refractivity contribution in [2.45, 2.75) is 26.4 Å². The quantitative estimate of drug-likeness (QED) is 0.539. The molecule has 0 aromatic rings. The third-order valence-electron chi connectivity index (χ3n) is 1.68. The van der Waals surface area contributed by atoms with E-state index in [4.69, 9.17) is 0 Å². The third kappa shape index (κ3) is 2.09. The highest BCUT2D eigenvalue weighted by molar-refractivity contribution is 5.91. The van der Waals surface area contributed by atoms with E-state index in [0.717, 1.165) is 0 Å². The Labute approximate surface area is 69.0 Å². The molecule has 1 nitrogen and oxygen atoms in total. The van der Waals surface area contributed by atoms with Gasteiger partial charge in [0.2, 0.25) is 0 Å². The van der Waals surface area contributed by atoms with E-state index in [-0.39, 0.29) is 12.3 Å². The van der Waals surface area contributed by atoms with Crippen molar-refractivity contribution >= 4 is 5.71 Å². The molecule has 12 heavy (non-hydrogen) atoms. The van der Waals surface area contributed by atoms with Crippen LogP contribution in [0.1, 0.15) is 20.3 Å². The number of alkyl halides is 3. The van der Waals surface area contributed by atoms with Gasteiger partial charge in [-0.15, -0.1) is 0 Å². The fourth-order valence-electron chi connectivity index (χ4n) is 1.25. The number of aliphatic imine (C=N–C) groups is 1. The van der Waals surface area contributed by atoms with Crippen LogP contribution in [0.15, 0.2) is 16.8 Å². The minimum atomic E-state index is -4.26. The number of allylic oxidation sites excluding steroid dienone is 2. The van der Waals surface area contributed by atoms with Crippen molar-refractivity contribution in [3.05, 3.63) is 11.8 Å². The summed E-state index contributed by atoms with van der Waals surface area (Å²) in [7, 11) is 0. The second-order valence-electron chi connectivity index (χ2n) is 3.05. The van der Waals surface area contributed by atoms with Gasteiger partial charge in [-0.05, 0) is 12.8 Å². The lowest BCUT2D eigenvalue weighted by Crippen LogP contribution is -2.26. The van der Waals surface area contributed by atoms with Gasteiger partial charge in [-0.25, -0.2) is 0 Å². The molecule has 0 aromatic carbocycles. The van der Waals surface area contributed by atoms with E-state index in [9.17, 15) is 13.2 Å². The molecule has 0 saturated carbocycles. The Bertz CT molecular complexity index is 237. The maximum absolute atomic E-state index is 12.1. The van der Waals surface area contributed by atoms with E-state index < -0.39 is 11.9 Å². The van der Waals surface area contributed by atoms with Gasteiger partial charge >= 0.3 is 6.18 Å². The Morgan fingerprint density at radius 1 is 1.50 bits per heavy atom. The minimum absolute atomic E-state index is 0.000833. The second-order valence-corrected chi connectivity index (χ2v) is 3.05. The highest BCUT2D eigenvalue weighted by Crippen LogP contribution is 2.27. The molecule has 0 aromatic heterocycles. The summed E-state index contributed by atoms with van der Waals surface area (Å²) in [6.07, 6.45) is -2.51. The van der Waals surface area contributed by atoms with Gasteiger partial charge in [0.05, 0.1) is 0 Å². The van der Waals surface area contributed by atoms with Gasteiger partial charge < -0.3 is 0 Å². The molecule has 4 heteroatoms. The van der Waals surface area contributed by atoms with E-state index in [1.807, 2.05) is 0 Å². The first-order valence-electron chi connectivity index (χ1n) is 3.73. The summed E-state index contributed by atoms with van der Waals surface area (Å²) in [5, 5.41) is 0. The maximum atomic E-state index is 12.1. The minimum Gasteiger partial charge on any atom is -0.253 e. The Morgan fingerprint density at radius 3 is 2.50 bits per heavy atom. The summed E-state index contributed by atoms with van der Waals surface area (Å²) in [5.41, 5.74) is -0.198. The van der Waals surface area contributed by atoms with E-state index in [0.29, 0.717) is 5.70 Å². The van der Waals surface area contributed by atoms with Gasteiger partial charge in [-0.1, -0.05) is 13.0 Å². The lowest BCUT2D eigenvalue weighted by molar-refractivity contribution is -0.0611. The summed E-state index contributed by atoms with van der Waals surface area (Å²) in [6, 6.07) is 0. The van der Waals surface area contributed by atoms with Crippen molar-refractivity contribution in [3.8, 4) is 0 Å². The van der Waals surface area contributed by atoms with Gasteiger partial charge in [-0.2, -0.15) is 13.2 Å². The molecule has 0 radical (unpaired) electrons. The van der Waals surface area contributed by atoms with E-state index in [1.54, 1.807) is 19.9 Å². The standard InChI is InChI=1S/C8H10F3N/c1-5-3-6(2)12-7(4-5)8(9,10)11/h3,5H,4H2,1-2H3/t5-/m1/s1. The lowest BCUT2D eigenvalue weighted by Gasteiger charge is -2.17. The van der Waals surface area contributed by atoms with Crippen molar-refractivity contribution in [2.24, 2.45) is 10.9 Å². The first kappa shape index (κ1) is 9.29. The Hall–Kier alpha value is -0.800. The summed E-state index contributed by atoms with van der Waals surface area (Å²) in [6.45, 7) is 3.34. The lowest BCUT2D eigenvalue weighted by atomic mass is 10.00. The van der Waals surface area contributed by atoms with E-state index in [1.165, 1.54) is 0 Å². The zero-order chi connectivity index (χ0) is 9.35. The molecule has 0 amide bonds. The topological polar surface area (TPSA) is 12.4 Å². The average molecular weight is 177 g/mol. The highest BCUT2D eigenvalue weighted by atomic mass is 19.4. The molecular weight excluding hydrogens is 167 g/mol. The van der Waals surface area contributed by atoms with Gasteiger partial charge in [0.25, 0.3) is 0 Å². The summed E-state index contributed by atoms with van der Waals surface area (Å²) < 4.78 is 36.4. The summed E-state index contributed by atoms with van der Waals surface area (Å²) in [5.74, 6) is -0.0564. The molecule has 0 aliphatic carbocycles. The van der Waals surface area contributed by atoms with Gasteiger partial charge in [0.15, 0.2) is 0 Å².